The molecule has 0 spiro atoms. The molecular formula is C15H13NO5. The van der Waals surface area contributed by atoms with Crippen molar-refractivity contribution >= 4 is 17.6 Å². The minimum absolute atomic E-state index is 0.00719. The number of carboxylic acid groups (broad SMARTS) is 1. The lowest BCUT2D eigenvalue weighted by Gasteiger charge is -2.09. The van der Waals surface area contributed by atoms with Crippen molar-refractivity contribution in [1.82, 2.24) is 0 Å². The number of hydrogen-bond donors (Lipinski definition) is 4. The minimum atomic E-state index is -1.04. The number of anilines is 1. The molecular weight excluding hydrogens is 274 g/mol. The molecule has 0 unspecified atom stereocenters. The van der Waals surface area contributed by atoms with Gasteiger partial charge in [-0.2, -0.15) is 0 Å². The second kappa shape index (κ2) is 5.54. The molecule has 0 atom stereocenters. The van der Waals surface area contributed by atoms with Gasteiger partial charge in [0.2, 0.25) is 0 Å². The molecule has 108 valence electrons. The van der Waals surface area contributed by atoms with Crippen molar-refractivity contribution in [3.63, 3.8) is 0 Å². The number of carboxylic acids is 1. The summed E-state index contributed by atoms with van der Waals surface area (Å²) in [6, 6.07) is 8.02. The van der Waals surface area contributed by atoms with Crippen molar-refractivity contribution in [2.45, 2.75) is 6.92 Å². The van der Waals surface area contributed by atoms with E-state index in [0.717, 1.165) is 6.07 Å². The van der Waals surface area contributed by atoms with E-state index in [4.69, 9.17) is 5.11 Å². The number of benzene rings is 2. The highest BCUT2D eigenvalue weighted by Crippen LogP contribution is 2.24. The summed E-state index contributed by atoms with van der Waals surface area (Å²) < 4.78 is 0. The zero-order chi connectivity index (χ0) is 15.6. The minimum Gasteiger partial charge on any atom is -0.508 e. The van der Waals surface area contributed by atoms with Gasteiger partial charge in [0.1, 0.15) is 11.5 Å². The van der Waals surface area contributed by atoms with Crippen LogP contribution < -0.4 is 5.32 Å². The Bertz CT molecular complexity index is 724. The molecule has 6 heteroatoms. The zero-order valence-corrected chi connectivity index (χ0v) is 11.1. The fraction of sp³-hybridized carbons (Fsp3) is 0.0667. The molecule has 0 aliphatic rings. The molecule has 2 aromatic rings. The van der Waals surface area contributed by atoms with Crippen LogP contribution in [0.3, 0.4) is 0 Å². The number of phenols is 2. The van der Waals surface area contributed by atoms with Crippen LogP contribution in [-0.2, 0) is 0 Å². The van der Waals surface area contributed by atoms with Crippen LogP contribution in [0.25, 0.3) is 0 Å². The standard InChI is InChI=1S/C15H13NO5/c1-8-6-9(2-4-11(8)15(20)21)16-14(19)12-5-3-10(17)7-13(12)18/h2-7,17-18H,1H3,(H,16,19)(H,20,21). The van der Waals surface area contributed by atoms with E-state index in [2.05, 4.69) is 5.32 Å². The van der Waals surface area contributed by atoms with Crippen LogP contribution >= 0.6 is 0 Å². The lowest BCUT2D eigenvalue weighted by Crippen LogP contribution is -2.12. The molecule has 6 nitrogen and oxygen atoms in total. The molecule has 0 heterocycles. The number of carbonyl (C=O) groups excluding carboxylic acids is 1. The molecule has 0 bridgehead atoms. The second-order valence-electron chi connectivity index (χ2n) is 4.49. The topological polar surface area (TPSA) is 107 Å². The molecule has 0 fully saturated rings. The van der Waals surface area contributed by atoms with Crippen molar-refractivity contribution in [3.8, 4) is 11.5 Å². The van der Waals surface area contributed by atoms with Crippen molar-refractivity contribution in [1.29, 1.82) is 0 Å². The van der Waals surface area contributed by atoms with Crippen LogP contribution in [-0.4, -0.2) is 27.2 Å². The first-order valence-electron chi connectivity index (χ1n) is 6.06. The van der Waals surface area contributed by atoms with Gasteiger partial charge in [-0.3, -0.25) is 4.79 Å². The number of phenolic OH excluding ortho intramolecular Hbond substituents is 2. The Kier molecular flexibility index (Phi) is 3.80. The van der Waals surface area contributed by atoms with Gasteiger partial charge in [-0.25, -0.2) is 4.79 Å². The Labute approximate surface area is 120 Å². The lowest BCUT2D eigenvalue weighted by atomic mass is 10.1. The number of aryl methyl sites for hydroxylation is 1. The summed E-state index contributed by atoms with van der Waals surface area (Å²) in [5, 5.41) is 30.3. The summed E-state index contributed by atoms with van der Waals surface area (Å²) in [5.41, 5.74) is 1.08. The third-order valence-electron chi connectivity index (χ3n) is 2.94. The fourth-order valence-electron chi connectivity index (χ4n) is 1.89. The number of carbonyl (C=O) groups is 2. The third-order valence-corrected chi connectivity index (χ3v) is 2.94. The van der Waals surface area contributed by atoms with E-state index in [1.165, 1.54) is 30.3 Å². The Balaban J connectivity index is 2.23. The lowest BCUT2D eigenvalue weighted by molar-refractivity contribution is 0.0696. The molecule has 1 amide bonds. The molecule has 0 aromatic heterocycles. The molecule has 2 rings (SSSR count). The van der Waals surface area contributed by atoms with Crippen molar-refractivity contribution < 1.29 is 24.9 Å². The Hall–Kier alpha value is -3.02. The van der Waals surface area contributed by atoms with Gasteiger partial charge >= 0.3 is 5.97 Å². The molecule has 21 heavy (non-hydrogen) atoms. The number of aromatic carboxylic acids is 1. The third kappa shape index (κ3) is 3.11. The highest BCUT2D eigenvalue weighted by molar-refractivity contribution is 6.06. The predicted molar refractivity (Wildman–Crippen MR) is 75.9 cm³/mol. The molecule has 0 saturated heterocycles. The summed E-state index contributed by atoms with van der Waals surface area (Å²) >= 11 is 0. The number of amides is 1. The van der Waals surface area contributed by atoms with Crippen molar-refractivity contribution in [2.24, 2.45) is 0 Å². The van der Waals surface area contributed by atoms with Gasteiger partial charge in [-0.15, -0.1) is 0 Å². The maximum absolute atomic E-state index is 12.0. The van der Waals surface area contributed by atoms with Crippen LogP contribution in [0, 0.1) is 6.92 Å². The van der Waals surface area contributed by atoms with Gasteiger partial charge in [-0.05, 0) is 42.8 Å². The maximum atomic E-state index is 12.0. The normalized spacial score (nSPS) is 10.1. The summed E-state index contributed by atoms with van der Waals surface area (Å²) in [6.07, 6.45) is 0. The number of aromatic hydroxyl groups is 2. The molecule has 0 radical (unpaired) electrons. The van der Waals surface area contributed by atoms with Crippen LogP contribution in [0.1, 0.15) is 26.3 Å². The first-order valence-corrected chi connectivity index (χ1v) is 6.06. The first kappa shape index (κ1) is 14.4. The average molecular weight is 287 g/mol. The van der Waals surface area contributed by atoms with Crippen molar-refractivity contribution in [2.75, 3.05) is 5.32 Å². The smallest absolute Gasteiger partial charge is 0.335 e. The quantitative estimate of drug-likeness (QED) is 0.693. The van der Waals surface area contributed by atoms with E-state index >= 15 is 0 Å². The summed E-state index contributed by atoms with van der Waals surface area (Å²) in [4.78, 5) is 22.9. The molecule has 0 aliphatic heterocycles. The van der Waals surface area contributed by atoms with E-state index in [1.807, 2.05) is 0 Å². The van der Waals surface area contributed by atoms with Gasteiger partial charge in [0.25, 0.3) is 5.91 Å². The zero-order valence-electron chi connectivity index (χ0n) is 11.1. The summed E-state index contributed by atoms with van der Waals surface area (Å²) in [6.45, 7) is 1.62. The van der Waals surface area contributed by atoms with E-state index in [1.54, 1.807) is 6.92 Å². The monoisotopic (exact) mass is 287 g/mol. The van der Waals surface area contributed by atoms with Gasteiger partial charge in [0, 0.05) is 11.8 Å². The highest BCUT2D eigenvalue weighted by atomic mass is 16.4. The Morgan fingerprint density at radius 1 is 1.00 bits per heavy atom. The maximum Gasteiger partial charge on any atom is 0.335 e. The summed E-state index contributed by atoms with van der Waals surface area (Å²) in [7, 11) is 0. The van der Waals surface area contributed by atoms with E-state index in [0.29, 0.717) is 11.3 Å². The summed E-state index contributed by atoms with van der Waals surface area (Å²) in [5.74, 6) is -2.09. The largest absolute Gasteiger partial charge is 0.508 e. The number of rotatable bonds is 3. The van der Waals surface area contributed by atoms with Gasteiger partial charge in [0.05, 0.1) is 11.1 Å². The van der Waals surface area contributed by atoms with Crippen LogP contribution in [0.4, 0.5) is 5.69 Å². The van der Waals surface area contributed by atoms with E-state index < -0.39 is 11.9 Å². The van der Waals surface area contributed by atoms with Crippen LogP contribution in [0.15, 0.2) is 36.4 Å². The van der Waals surface area contributed by atoms with Gasteiger partial charge in [0.15, 0.2) is 0 Å². The molecule has 2 aromatic carbocycles. The molecule has 0 saturated carbocycles. The Morgan fingerprint density at radius 3 is 2.24 bits per heavy atom. The Morgan fingerprint density at radius 2 is 1.67 bits per heavy atom. The van der Waals surface area contributed by atoms with Gasteiger partial charge < -0.3 is 20.6 Å². The second-order valence-corrected chi connectivity index (χ2v) is 4.49. The molecule has 4 N–H and O–H groups in total. The van der Waals surface area contributed by atoms with Crippen molar-refractivity contribution in [3.05, 3.63) is 53.1 Å². The van der Waals surface area contributed by atoms with E-state index in [-0.39, 0.29) is 22.6 Å². The van der Waals surface area contributed by atoms with Crippen LogP contribution in [0.5, 0.6) is 11.5 Å². The number of hydrogen-bond acceptors (Lipinski definition) is 4. The average Bonchev–Trinajstić information content (AvgIpc) is 2.37. The first-order chi connectivity index (χ1) is 9.88. The molecule has 0 aliphatic carbocycles. The van der Waals surface area contributed by atoms with Gasteiger partial charge in [-0.1, -0.05) is 0 Å². The highest BCUT2D eigenvalue weighted by Gasteiger charge is 2.13. The SMILES string of the molecule is Cc1cc(NC(=O)c2ccc(O)cc2O)ccc1C(=O)O. The van der Waals surface area contributed by atoms with E-state index in [9.17, 15) is 19.8 Å². The fourth-order valence-corrected chi connectivity index (χ4v) is 1.89. The predicted octanol–water partition coefficient (Wildman–Crippen LogP) is 2.36. The van der Waals surface area contributed by atoms with Crippen LogP contribution in [0.2, 0.25) is 0 Å². The number of nitrogens with one attached hydrogen (secondary N) is 1.